The molecule has 0 heterocycles. The van der Waals surface area contributed by atoms with Gasteiger partial charge < -0.3 is 5.11 Å². The Morgan fingerprint density at radius 1 is 1.36 bits per heavy atom. The van der Waals surface area contributed by atoms with Crippen LogP contribution in [0.1, 0.15) is 36.5 Å². The van der Waals surface area contributed by atoms with Gasteiger partial charge in [0.15, 0.2) is 5.78 Å². The van der Waals surface area contributed by atoms with Crippen LogP contribution in [-0.2, 0) is 0 Å². The Labute approximate surface area is 84.6 Å². The van der Waals surface area contributed by atoms with Crippen molar-refractivity contribution in [1.82, 2.24) is 0 Å². The Hall–Kier alpha value is -1.15. The number of carbonyl (C=O) groups is 1. The largest absolute Gasteiger partial charge is 0.393 e. The zero-order valence-corrected chi connectivity index (χ0v) is 8.44. The molecule has 14 heavy (non-hydrogen) atoms. The van der Waals surface area contributed by atoms with Crippen molar-refractivity contribution in [2.24, 2.45) is 0 Å². The molecule has 0 aliphatic heterocycles. The molecule has 1 N–H and O–H groups in total. The summed E-state index contributed by atoms with van der Waals surface area (Å²) in [6, 6.07) is 9.10. The fourth-order valence-corrected chi connectivity index (χ4v) is 1.39. The Morgan fingerprint density at radius 2 is 2.00 bits per heavy atom. The van der Waals surface area contributed by atoms with Gasteiger partial charge in [-0.1, -0.05) is 43.7 Å². The second kappa shape index (κ2) is 5.55. The molecule has 0 aliphatic carbocycles. The van der Waals surface area contributed by atoms with Gasteiger partial charge in [0.1, 0.15) is 0 Å². The van der Waals surface area contributed by atoms with E-state index < -0.39 is 6.10 Å². The molecule has 2 heteroatoms. The molecule has 0 radical (unpaired) electrons. The van der Waals surface area contributed by atoms with Crippen LogP contribution in [0.15, 0.2) is 30.3 Å². The fourth-order valence-electron chi connectivity index (χ4n) is 1.39. The van der Waals surface area contributed by atoms with Gasteiger partial charge in [0, 0.05) is 12.0 Å². The molecule has 1 aromatic carbocycles. The summed E-state index contributed by atoms with van der Waals surface area (Å²) in [4.78, 5) is 11.6. The lowest BCUT2D eigenvalue weighted by Gasteiger charge is -2.07. The fraction of sp³-hybridized carbons (Fsp3) is 0.417. The summed E-state index contributed by atoms with van der Waals surface area (Å²) in [5.74, 6) is 0.0200. The van der Waals surface area contributed by atoms with Gasteiger partial charge in [-0.15, -0.1) is 0 Å². The van der Waals surface area contributed by atoms with E-state index >= 15 is 0 Å². The number of hydrogen-bond donors (Lipinski definition) is 1. The van der Waals surface area contributed by atoms with Gasteiger partial charge in [-0.05, 0) is 6.42 Å². The van der Waals surface area contributed by atoms with Crippen molar-refractivity contribution < 1.29 is 9.90 Å². The van der Waals surface area contributed by atoms with Crippen molar-refractivity contribution >= 4 is 5.78 Å². The second-order valence-corrected chi connectivity index (χ2v) is 3.44. The molecule has 1 aromatic rings. The molecule has 0 saturated carbocycles. The number of hydrogen-bond acceptors (Lipinski definition) is 2. The number of aliphatic hydroxyl groups excluding tert-OH is 1. The molecule has 2 nitrogen and oxygen atoms in total. The smallest absolute Gasteiger partial charge is 0.165 e. The minimum absolute atomic E-state index is 0.0200. The monoisotopic (exact) mass is 192 g/mol. The van der Waals surface area contributed by atoms with Crippen LogP contribution < -0.4 is 0 Å². The summed E-state index contributed by atoms with van der Waals surface area (Å²) in [7, 11) is 0. The molecule has 76 valence electrons. The Bertz CT molecular complexity index is 280. The lowest BCUT2D eigenvalue weighted by Crippen LogP contribution is -2.13. The number of Topliss-reactive ketones (excluding diaryl/α,β-unsaturated/α-hetero) is 1. The van der Waals surface area contributed by atoms with E-state index in [1.807, 2.05) is 25.1 Å². The first-order valence-electron chi connectivity index (χ1n) is 5.00. The molecule has 0 spiro atoms. The Balaban J connectivity index is 2.51. The van der Waals surface area contributed by atoms with Gasteiger partial charge >= 0.3 is 0 Å². The van der Waals surface area contributed by atoms with Crippen LogP contribution in [-0.4, -0.2) is 17.0 Å². The molecular weight excluding hydrogens is 176 g/mol. The topological polar surface area (TPSA) is 37.3 Å². The third-order valence-corrected chi connectivity index (χ3v) is 2.14. The second-order valence-electron chi connectivity index (χ2n) is 3.44. The summed E-state index contributed by atoms with van der Waals surface area (Å²) in [5.41, 5.74) is 0.683. The first kappa shape index (κ1) is 10.9. The average molecular weight is 192 g/mol. The molecule has 0 amide bonds. The first-order valence-corrected chi connectivity index (χ1v) is 5.00. The van der Waals surface area contributed by atoms with Crippen LogP contribution in [0.5, 0.6) is 0 Å². The first-order chi connectivity index (χ1) is 6.74. The van der Waals surface area contributed by atoms with Crippen molar-refractivity contribution in [3.8, 4) is 0 Å². The number of benzene rings is 1. The third-order valence-electron chi connectivity index (χ3n) is 2.14. The highest BCUT2D eigenvalue weighted by molar-refractivity contribution is 5.96. The standard InChI is InChI=1S/C12H16O2/c1-2-6-11(13)9-12(14)10-7-4-3-5-8-10/h3-5,7-8,11,13H,2,6,9H2,1H3/t11-/m0/s1. The van der Waals surface area contributed by atoms with E-state index in [1.54, 1.807) is 12.1 Å². The highest BCUT2D eigenvalue weighted by Gasteiger charge is 2.11. The van der Waals surface area contributed by atoms with Gasteiger partial charge in [-0.25, -0.2) is 0 Å². The van der Waals surface area contributed by atoms with E-state index in [9.17, 15) is 9.90 Å². The predicted octanol–water partition coefficient (Wildman–Crippen LogP) is 2.42. The summed E-state index contributed by atoms with van der Waals surface area (Å²) >= 11 is 0. The van der Waals surface area contributed by atoms with E-state index in [2.05, 4.69) is 0 Å². The van der Waals surface area contributed by atoms with Crippen molar-refractivity contribution in [2.75, 3.05) is 0 Å². The molecule has 0 saturated heterocycles. The van der Waals surface area contributed by atoms with Gasteiger partial charge in [0.2, 0.25) is 0 Å². The number of ketones is 1. The quantitative estimate of drug-likeness (QED) is 0.727. The zero-order valence-electron chi connectivity index (χ0n) is 8.44. The summed E-state index contributed by atoms with van der Waals surface area (Å²) in [5, 5.41) is 9.46. The number of aliphatic hydroxyl groups is 1. The van der Waals surface area contributed by atoms with Gasteiger partial charge in [-0.3, -0.25) is 4.79 Å². The average Bonchev–Trinajstić information content (AvgIpc) is 2.19. The third kappa shape index (κ3) is 3.30. The maximum atomic E-state index is 11.6. The highest BCUT2D eigenvalue weighted by atomic mass is 16.3. The van der Waals surface area contributed by atoms with Gasteiger partial charge in [0.05, 0.1) is 6.10 Å². The summed E-state index contributed by atoms with van der Waals surface area (Å²) < 4.78 is 0. The van der Waals surface area contributed by atoms with Crippen LogP contribution in [0.3, 0.4) is 0 Å². The summed E-state index contributed by atoms with van der Waals surface area (Å²) in [6.07, 6.45) is 1.34. The van der Waals surface area contributed by atoms with E-state index in [0.29, 0.717) is 12.0 Å². The van der Waals surface area contributed by atoms with Crippen molar-refractivity contribution in [1.29, 1.82) is 0 Å². The van der Waals surface area contributed by atoms with E-state index in [-0.39, 0.29) is 12.2 Å². The Morgan fingerprint density at radius 3 is 2.57 bits per heavy atom. The minimum Gasteiger partial charge on any atom is -0.393 e. The molecule has 0 bridgehead atoms. The Kier molecular flexibility index (Phi) is 4.33. The molecule has 0 fully saturated rings. The van der Waals surface area contributed by atoms with E-state index in [1.165, 1.54) is 0 Å². The van der Waals surface area contributed by atoms with Crippen LogP contribution in [0, 0.1) is 0 Å². The molecular formula is C12H16O2. The van der Waals surface area contributed by atoms with Crippen molar-refractivity contribution in [2.45, 2.75) is 32.3 Å². The van der Waals surface area contributed by atoms with Gasteiger partial charge in [0.25, 0.3) is 0 Å². The van der Waals surface area contributed by atoms with Crippen LogP contribution in [0.4, 0.5) is 0 Å². The van der Waals surface area contributed by atoms with E-state index in [0.717, 1.165) is 6.42 Å². The molecule has 1 atom stereocenters. The molecule has 0 aromatic heterocycles. The number of carbonyl (C=O) groups excluding carboxylic acids is 1. The number of rotatable bonds is 5. The minimum atomic E-state index is -0.493. The predicted molar refractivity (Wildman–Crippen MR) is 56.3 cm³/mol. The maximum absolute atomic E-state index is 11.6. The molecule has 0 aliphatic rings. The van der Waals surface area contributed by atoms with Crippen LogP contribution in [0.2, 0.25) is 0 Å². The van der Waals surface area contributed by atoms with E-state index in [4.69, 9.17) is 0 Å². The molecule has 0 unspecified atom stereocenters. The lowest BCUT2D eigenvalue weighted by molar-refractivity contribution is 0.0867. The maximum Gasteiger partial charge on any atom is 0.165 e. The summed E-state index contributed by atoms with van der Waals surface area (Å²) in [6.45, 7) is 2.00. The normalized spacial score (nSPS) is 12.4. The van der Waals surface area contributed by atoms with Crippen LogP contribution in [0.25, 0.3) is 0 Å². The van der Waals surface area contributed by atoms with Gasteiger partial charge in [-0.2, -0.15) is 0 Å². The lowest BCUT2D eigenvalue weighted by atomic mass is 10.0. The zero-order chi connectivity index (χ0) is 10.4. The molecule has 1 rings (SSSR count). The van der Waals surface area contributed by atoms with Crippen LogP contribution >= 0.6 is 0 Å². The van der Waals surface area contributed by atoms with Crippen molar-refractivity contribution in [3.05, 3.63) is 35.9 Å². The van der Waals surface area contributed by atoms with Crippen molar-refractivity contribution in [3.63, 3.8) is 0 Å². The SMILES string of the molecule is CCC[C@H](O)CC(=O)c1ccccc1. The highest BCUT2D eigenvalue weighted by Crippen LogP contribution is 2.08.